The van der Waals surface area contributed by atoms with Crippen molar-refractivity contribution in [1.29, 1.82) is 0 Å². The molecule has 106 valence electrons. The summed E-state index contributed by atoms with van der Waals surface area (Å²) in [6, 6.07) is 7.19. The van der Waals surface area contributed by atoms with E-state index in [1.54, 1.807) is 12.1 Å². The minimum atomic E-state index is -0.105. The zero-order chi connectivity index (χ0) is 13.9. The third kappa shape index (κ3) is 3.77. The number of hydrogen-bond donors (Lipinski definition) is 1. The second kappa shape index (κ2) is 6.02. The molecule has 0 bridgehead atoms. The topological polar surface area (TPSA) is 15.3 Å². The van der Waals surface area contributed by atoms with E-state index in [2.05, 4.69) is 31.0 Å². The Hall–Kier alpha value is -0.930. The Balaban J connectivity index is 2.07. The molecule has 1 aliphatic heterocycles. The van der Waals surface area contributed by atoms with E-state index >= 15 is 0 Å². The Labute approximate surface area is 116 Å². The van der Waals surface area contributed by atoms with Crippen LogP contribution >= 0.6 is 0 Å². The maximum atomic E-state index is 13.9. The molecule has 0 radical (unpaired) electrons. The van der Waals surface area contributed by atoms with E-state index in [9.17, 15) is 4.39 Å². The van der Waals surface area contributed by atoms with Crippen LogP contribution in [0.4, 0.5) is 4.39 Å². The lowest BCUT2D eigenvalue weighted by atomic mass is 9.93. The molecular formula is C16H25FN2. The van der Waals surface area contributed by atoms with Gasteiger partial charge in [0.25, 0.3) is 0 Å². The Kier molecular flexibility index (Phi) is 4.58. The highest BCUT2D eigenvalue weighted by Gasteiger charge is 2.30. The van der Waals surface area contributed by atoms with Crippen LogP contribution in [0.15, 0.2) is 24.3 Å². The van der Waals surface area contributed by atoms with Crippen molar-refractivity contribution >= 4 is 0 Å². The fourth-order valence-corrected chi connectivity index (χ4v) is 2.92. The molecule has 1 aromatic carbocycles. The van der Waals surface area contributed by atoms with Gasteiger partial charge in [0.1, 0.15) is 5.82 Å². The Bertz CT molecular complexity index is 417. The van der Waals surface area contributed by atoms with E-state index in [-0.39, 0.29) is 11.9 Å². The van der Waals surface area contributed by atoms with Gasteiger partial charge in [-0.15, -0.1) is 0 Å². The molecule has 2 nitrogen and oxygen atoms in total. The standard InChI is InChI=1S/C16H25FN2/c1-4-18-15(13-7-5-6-8-14(13)17)11-19-10-9-16(2,3)12-19/h5-8,15,18H,4,9-12H2,1-3H3. The smallest absolute Gasteiger partial charge is 0.128 e. The molecule has 1 saturated heterocycles. The van der Waals surface area contributed by atoms with Crippen LogP contribution in [-0.4, -0.2) is 31.1 Å². The molecule has 1 fully saturated rings. The van der Waals surface area contributed by atoms with Crippen LogP contribution in [0.1, 0.15) is 38.8 Å². The summed E-state index contributed by atoms with van der Waals surface area (Å²) in [5.41, 5.74) is 1.18. The summed E-state index contributed by atoms with van der Waals surface area (Å²) in [5.74, 6) is -0.105. The molecule has 19 heavy (non-hydrogen) atoms. The van der Waals surface area contributed by atoms with Crippen LogP contribution in [0.3, 0.4) is 0 Å². The van der Waals surface area contributed by atoms with Gasteiger partial charge >= 0.3 is 0 Å². The number of nitrogens with one attached hydrogen (secondary N) is 1. The van der Waals surface area contributed by atoms with Crippen molar-refractivity contribution in [2.45, 2.75) is 33.2 Å². The van der Waals surface area contributed by atoms with Crippen molar-refractivity contribution in [2.75, 3.05) is 26.2 Å². The lowest BCUT2D eigenvalue weighted by Gasteiger charge is -2.26. The molecule has 0 saturated carbocycles. The molecule has 1 N–H and O–H groups in total. The molecule has 1 heterocycles. The lowest BCUT2D eigenvalue weighted by molar-refractivity contribution is 0.260. The van der Waals surface area contributed by atoms with Gasteiger partial charge in [0, 0.05) is 24.7 Å². The number of likely N-dealkylation sites (N-methyl/N-ethyl adjacent to an activating group) is 1. The highest BCUT2D eigenvalue weighted by molar-refractivity contribution is 5.21. The van der Waals surface area contributed by atoms with Crippen LogP contribution in [0.2, 0.25) is 0 Å². The Morgan fingerprint density at radius 1 is 1.37 bits per heavy atom. The normalized spacial score (nSPS) is 20.6. The predicted molar refractivity (Wildman–Crippen MR) is 77.7 cm³/mol. The molecule has 2 rings (SSSR count). The monoisotopic (exact) mass is 264 g/mol. The highest BCUT2D eigenvalue weighted by atomic mass is 19.1. The largest absolute Gasteiger partial charge is 0.309 e. The van der Waals surface area contributed by atoms with Crippen molar-refractivity contribution in [3.05, 3.63) is 35.6 Å². The number of rotatable bonds is 5. The van der Waals surface area contributed by atoms with Crippen LogP contribution < -0.4 is 5.32 Å². The number of halogens is 1. The van der Waals surface area contributed by atoms with E-state index in [1.165, 1.54) is 6.42 Å². The van der Waals surface area contributed by atoms with Crippen LogP contribution in [0, 0.1) is 11.2 Å². The van der Waals surface area contributed by atoms with Crippen molar-refractivity contribution in [1.82, 2.24) is 10.2 Å². The fourth-order valence-electron chi connectivity index (χ4n) is 2.92. The van der Waals surface area contributed by atoms with Crippen molar-refractivity contribution in [3.8, 4) is 0 Å². The molecule has 1 unspecified atom stereocenters. The van der Waals surface area contributed by atoms with E-state index in [1.807, 2.05) is 12.1 Å². The minimum absolute atomic E-state index is 0.0834. The summed E-state index contributed by atoms with van der Waals surface area (Å²) in [5, 5.41) is 3.41. The summed E-state index contributed by atoms with van der Waals surface area (Å²) < 4.78 is 13.9. The second-order valence-electron chi connectivity index (χ2n) is 6.28. The molecule has 0 aliphatic carbocycles. The maximum absolute atomic E-state index is 13.9. The summed E-state index contributed by atoms with van der Waals surface area (Å²) in [6.07, 6.45) is 1.23. The van der Waals surface area contributed by atoms with Gasteiger partial charge in [-0.1, -0.05) is 39.0 Å². The van der Waals surface area contributed by atoms with Crippen LogP contribution in [0.25, 0.3) is 0 Å². The summed E-state index contributed by atoms with van der Waals surface area (Å²) in [7, 11) is 0. The molecule has 1 aromatic rings. The van der Waals surface area contributed by atoms with Crippen molar-refractivity contribution in [2.24, 2.45) is 5.41 Å². The maximum Gasteiger partial charge on any atom is 0.128 e. The van der Waals surface area contributed by atoms with Gasteiger partial charge in [0.05, 0.1) is 0 Å². The third-order valence-corrected chi connectivity index (χ3v) is 3.93. The van der Waals surface area contributed by atoms with Gasteiger partial charge in [-0.05, 0) is 31.0 Å². The van der Waals surface area contributed by atoms with Gasteiger partial charge in [-0.25, -0.2) is 4.39 Å². The fraction of sp³-hybridized carbons (Fsp3) is 0.625. The molecule has 1 aliphatic rings. The first-order valence-corrected chi connectivity index (χ1v) is 7.22. The van der Waals surface area contributed by atoms with Crippen molar-refractivity contribution in [3.63, 3.8) is 0 Å². The molecule has 0 aromatic heterocycles. The van der Waals surface area contributed by atoms with E-state index in [0.717, 1.165) is 31.7 Å². The van der Waals surface area contributed by atoms with E-state index in [4.69, 9.17) is 0 Å². The predicted octanol–water partition coefficient (Wildman–Crippen LogP) is 3.21. The quantitative estimate of drug-likeness (QED) is 0.878. The first-order valence-electron chi connectivity index (χ1n) is 7.22. The zero-order valence-electron chi connectivity index (χ0n) is 12.2. The Morgan fingerprint density at radius 3 is 2.68 bits per heavy atom. The van der Waals surface area contributed by atoms with Gasteiger partial charge in [-0.3, -0.25) is 0 Å². The van der Waals surface area contributed by atoms with E-state index in [0.29, 0.717) is 5.41 Å². The molecule has 0 amide bonds. The molecule has 1 atom stereocenters. The highest BCUT2D eigenvalue weighted by Crippen LogP contribution is 2.30. The minimum Gasteiger partial charge on any atom is -0.309 e. The second-order valence-corrected chi connectivity index (χ2v) is 6.28. The molecule has 3 heteroatoms. The van der Waals surface area contributed by atoms with Crippen LogP contribution in [-0.2, 0) is 0 Å². The zero-order valence-corrected chi connectivity index (χ0v) is 12.2. The molecular weight excluding hydrogens is 239 g/mol. The lowest BCUT2D eigenvalue weighted by Crippen LogP contribution is -2.35. The third-order valence-electron chi connectivity index (χ3n) is 3.93. The Morgan fingerprint density at radius 2 is 2.11 bits per heavy atom. The van der Waals surface area contributed by atoms with Gasteiger partial charge in [0.2, 0.25) is 0 Å². The van der Waals surface area contributed by atoms with Gasteiger partial charge in [-0.2, -0.15) is 0 Å². The van der Waals surface area contributed by atoms with Crippen LogP contribution in [0.5, 0.6) is 0 Å². The number of benzene rings is 1. The first kappa shape index (κ1) is 14.5. The number of likely N-dealkylation sites (tertiary alicyclic amines) is 1. The van der Waals surface area contributed by atoms with Crippen molar-refractivity contribution < 1.29 is 4.39 Å². The van der Waals surface area contributed by atoms with Gasteiger partial charge in [0.15, 0.2) is 0 Å². The summed E-state index contributed by atoms with van der Waals surface area (Å²) in [4.78, 5) is 2.44. The van der Waals surface area contributed by atoms with E-state index < -0.39 is 0 Å². The number of nitrogens with zero attached hydrogens (tertiary/aromatic N) is 1. The number of hydrogen-bond acceptors (Lipinski definition) is 2. The molecule has 0 spiro atoms. The summed E-state index contributed by atoms with van der Waals surface area (Å²) >= 11 is 0. The van der Waals surface area contributed by atoms with Gasteiger partial charge < -0.3 is 10.2 Å². The SMILES string of the molecule is CCNC(CN1CCC(C)(C)C1)c1ccccc1F. The first-order chi connectivity index (χ1) is 9.02. The summed E-state index contributed by atoms with van der Waals surface area (Å²) in [6.45, 7) is 10.6. The average molecular weight is 264 g/mol. The average Bonchev–Trinajstić information content (AvgIpc) is 2.69.